The molecule has 1 unspecified atom stereocenters. The maximum Gasteiger partial charge on any atom is 0.573 e. The van der Waals surface area contributed by atoms with Crippen LogP contribution in [0.4, 0.5) is 13.2 Å². The first-order chi connectivity index (χ1) is 18.7. The highest BCUT2D eigenvalue weighted by molar-refractivity contribution is 5.96. The Balaban J connectivity index is 1.26. The summed E-state index contributed by atoms with van der Waals surface area (Å²) in [7, 11) is 0. The van der Waals surface area contributed by atoms with Gasteiger partial charge in [0.25, 0.3) is 0 Å². The number of ether oxygens (including phenoxy) is 3. The predicted octanol–water partition coefficient (Wildman–Crippen LogP) is 4.31. The molecular formula is C29H35F3N2O5. The normalized spacial score (nSPS) is 19.1. The van der Waals surface area contributed by atoms with Gasteiger partial charge in [0.05, 0.1) is 25.9 Å². The summed E-state index contributed by atoms with van der Waals surface area (Å²) in [6.45, 7) is 8.32. The Morgan fingerprint density at radius 3 is 2.21 bits per heavy atom. The van der Waals surface area contributed by atoms with E-state index in [2.05, 4.69) is 14.5 Å². The van der Waals surface area contributed by atoms with Crippen molar-refractivity contribution in [1.82, 2.24) is 9.80 Å². The smallest absolute Gasteiger partial charge is 0.406 e. The average molecular weight is 549 g/mol. The molecule has 2 heterocycles. The van der Waals surface area contributed by atoms with Crippen LogP contribution >= 0.6 is 0 Å². The Kier molecular flexibility index (Phi) is 10.1. The minimum Gasteiger partial charge on any atom is -0.406 e. The molecule has 10 heteroatoms. The lowest BCUT2D eigenvalue weighted by Gasteiger charge is -2.33. The second-order valence-corrected chi connectivity index (χ2v) is 10.0. The van der Waals surface area contributed by atoms with Crippen molar-refractivity contribution in [3.05, 3.63) is 64.7 Å². The first kappa shape index (κ1) is 29.2. The third-order valence-electron chi connectivity index (χ3n) is 7.17. The lowest BCUT2D eigenvalue weighted by atomic mass is 9.96. The van der Waals surface area contributed by atoms with Crippen LogP contribution in [0, 0.1) is 6.92 Å². The van der Waals surface area contributed by atoms with Crippen LogP contribution in [-0.2, 0) is 15.9 Å². The van der Waals surface area contributed by atoms with E-state index in [-0.39, 0.29) is 29.8 Å². The van der Waals surface area contributed by atoms with Gasteiger partial charge in [0.1, 0.15) is 5.75 Å². The topological polar surface area (TPSA) is 68.3 Å². The Morgan fingerprint density at radius 1 is 0.897 bits per heavy atom. The van der Waals surface area contributed by atoms with E-state index in [1.54, 1.807) is 0 Å². The highest BCUT2D eigenvalue weighted by Gasteiger charge is 2.31. The first-order valence-electron chi connectivity index (χ1n) is 13.3. The average Bonchev–Trinajstić information content (AvgIpc) is 2.92. The summed E-state index contributed by atoms with van der Waals surface area (Å²) < 4.78 is 52.3. The van der Waals surface area contributed by atoms with Crippen molar-refractivity contribution >= 4 is 11.6 Å². The zero-order valence-corrected chi connectivity index (χ0v) is 22.2. The van der Waals surface area contributed by atoms with E-state index in [1.165, 1.54) is 12.1 Å². The van der Waals surface area contributed by atoms with Crippen LogP contribution in [0.15, 0.2) is 42.5 Å². The molecule has 2 aromatic rings. The number of carbonyl (C=O) groups is 2. The van der Waals surface area contributed by atoms with Gasteiger partial charge in [0.15, 0.2) is 11.6 Å². The summed E-state index contributed by atoms with van der Waals surface area (Å²) >= 11 is 0. The Bertz CT molecular complexity index is 1120. The number of hydrogen-bond donors (Lipinski definition) is 0. The van der Waals surface area contributed by atoms with Crippen molar-refractivity contribution in [2.24, 2.45) is 0 Å². The molecule has 212 valence electrons. The lowest BCUT2D eigenvalue weighted by Crippen LogP contribution is -2.44. The molecule has 0 saturated carbocycles. The summed E-state index contributed by atoms with van der Waals surface area (Å²) in [5.74, 6) is -0.366. The maximum atomic E-state index is 12.9. The van der Waals surface area contributed by atoms with E-state index in [9.17, 15) is 22.8 Å². The van der Waals surface area contributed by atoms with Gasteiger partial charge in [-0.15, -0.1) is 13.2 Å². The molecule has 39 heavy (non-hydrogen) atoms. The number of morpholine rings is 2. The Morgan fingerprint density at radius 2 is 1.51 bits per heavy atom. The molecule has 0 aliphatic carbocycles. The highest BCUT2D eigenvalue weighted by atomic mass is 19.4. The Labute approximate surface area is 226 Å². The van der Waals surface area contributed by atoms with Crippen molar-refractivity contribution in [3.63, 3.8) is 0 Å². The molecule has 0 aromatic heterocycles. The standard InChI is InChI=1S/C29H35F3N2O5/c1-21-2-3-23(28(36)8-10-33-12-15-37-16-13-33)18-24(21)19-26-20-34(14-17-38-26)11-9-27(35)22-4-6-25(7-5-22)39-29(30,31)32/h2-7,18,26H,8-17,19-20H2,1H3. The fourth-order valence-corrected chi connectivity index (χ4v) is 4.89. The third kappa shape index (κ3) is 9.13. The van der Waals surface area contributed by atoms with Gasteiger partial charge in [-0.05, 0) is 48.4 Å². The van der Waals surface area contributed by atoms with Crippen molar-refractivity contribution in [2.45, 2.75) is 38.7 Å². The molecule has 1 atom stereocenters. The summed E-state index contributed by atoms with van der Waals surface area (Å²) in [5.41, 5.74) is 3.25. The molecule has 0 bridgehead atoms. The molecule has 2 fully saturated rings. The number of hydrogen-bond acceptors (Lipinski definition) is 7. The molecule has 2 saturated heterocycles. The quantitative estimate of drug-likeness (QED) is 0.388. The number of nitrogens with zero attached hydrogens (tertiary/aromatic N) is 2. The van der Waals surface area contributed by atoms with Gasteiger partial charge >= 0.3 is 6.36 Å². The van der Waals surface area contributed by atoms with E-state index in [4.69, 9.17) is 9.47 Å². The zero-order chi connectivity index (χ0) is 27.8. The van der Waals surface area contributed by atoms with Crippen LogP contribution in [0.2, 0.25) is 0 Å². The van der Waals surface area contributed by atoms with Crippen LogP contribution < -0.4 is 4.74 Å². The molecule has 0 radical (unpaired) electrons. The van der Waals surface area contributed by atoms with Crippen molar-refractivity contribution < 1.29 is 37.0 Å². The third-order valence-corrected chi connectivity index (χ3v) is 7.17. The van der Waals surface area contributed by atoms with E-state index in [0.717, 1.165) is 42.9 Å². The van der Waals surface area contributed by atoms with Gasteiger partial charge in [-0.1, -0.05) is 12.1 Å². The second kappa shape index (κ2) is 13.5. The first-order valence-corrected chi connectivity index (χ1v) is 13.3. The van der Waals surface area contributed by atoms with Gasteiger partial charge in [0, 0.05) is 69.7 Å². The summed E-state index contributed by atoms with van der Waals surface area (Å²) in [6.07, 6.45) is -3.44. The zero-order valence-electron chi connectivity index (χ0n) is 22.2. The monoisotopic (exact) mass is 548 g/mol. The molecule has 0 spiro atoms. The van der Waals surface area contributed by atoms with Gasteiger partial charge in [0.2, 0.25) is 0 Å². The van der Waals surface area contributed by atoms with Gasteiger partial charge in [-0.25, -0.2) is 0 Å². The van der Waals surface area contributed by atoms with Crippen LogP contribution in [0.5, 0.6) is 5.75 Å². The maximum absolute atomic E-state index is 12.9. The van der Waals surface area contributed by atoms with Gasteiger partial charge < -0.3 is 14.2 Å². The molecule has 0 N–H and O–H groups in total. The fourth-order valence-electron chi connectivity index (χ4n) is 4.89. The highest BCUT2D eigenvalue weighted by Crippen LogP contribution is 2.23. The van der Waals surface area contributed by atoms with Crippen LogP contribution in [-0.4, -0.2) is 92.9 Å². The minimum atomic E-state index is -4.77. The molecule has 7 nitrogen and oxygen atoms in total. The number of alkyl halides is 3. The number of ketones is 2. The second-order valence-electron chi connectivity index (χ2n) is 10.0. The minimum absolute atomic E-state index is 0.0648. The number of aryl methyl sites for hydroxylation is 1. The van der Waals surface area contributed by atoms with E-state index < -0.39 is 6.36 Å². The SMILES string of the molecule is Cc1ccc(C(=O)CCN2CCOCC2)cc1CC1CN(CCC(=O)c2ccc(OC(F)(F)F)cc2)CCO1. The number of Topliss-reactive ketones (excluding diaryl/α,β-unsaturated/α-hetero) is 2. The molecule has 2 aliphatic heterocycles. The Hall–Kier alpha value is -2.79. The van der Waals surface area contributed by atoms with Gasteiger partial charge in [-0.2, -0.15) is 0 Å². The van der Waals surface area contributed by atoms with Crippen molar-refractivity contribution in [1.29, 1.82) is 0 Å². The fraction of sp³-hybridized carbons (Fsp3) is 0.517. The predicted molar refractivity (Wildman–Crippen MR) is 139 cm³/mol. The molecule has 2 aromatic carbocycles. The number of carbonyl (C=O) groups excluding carboxylic acids is 2. The summed E-state index contributed by atoms with van der Waals surface area (Å²) in [4.78, 5) is 29.9. The summed E-state index contributed by atoms with van der Waals surface area (Å²) in [5, 5.41) is 0. The van der Waals surface area contributed by atoms with Crippen LogP contribution in [0.3, 0.4) is 0 Å². The van der Waals surface area contributed by atoms with Crippen LogP contribution in [0.25, 0.3) is 0 Å². The van der Waals surface area contributed by atoms with Crippen molar-refractivity contribution in [3.8, 4) is 5.75 Å². The number of rotatable bonds is 11. The molecule has 0 amide bonds. The van der Waals surface area contributed by atoms with E-state index in [1.807, 2.05) is 25.1 Å². The number of benzene rings is 2. The largest absolute Gasteiger partial charge is 0.573 e. The molecule has 4 rings (SSSR count). The number of halogens is 3. The van der Waals surface area contributed by atoms with Gasteiger partial charge in [-0.3, -0.25) is 19.4 Å². The van der Waals surface area contributed by atoms with E-state index >= 15 is 0 Å². The molecule has 2 aliphatic rings. The summed E-state index contributed by atoms with van der Waals surface area (Å²) in [6, 6.07) is 10.9. The van der Waals surface area contributed by atoms with E-state index in [0.29, 0.717) is 63.4 Å². The van der Waals surface area contributed by atoms with Crippen LogP contribution in [0.1, 0.15) is 44.7 Å². The molecular weight excluding hydrogens is 513 g/mol. The lowest BCUT2D eigenvalue weighted by molar-refractivity contribution is -0.274. The van der Waals surface area contributed by atoms with Crippen molar-refractivity contribution in [2.75, 3.05) is 59.1 Å².